The first kappa shape index (κ1) is 15.9. The minimum Gasteiger partial charge on any atom is -0.393 e. The Hall–Kier alpha value is -0.520. The second-order valence-corrected chi connectivity index (χ2v) is 7.20. The van der Waals surface area contributed by atoms with Gasteiger partial charge in [0.15, 0.2) is 0 Å². The first-order valence-corrected chi connectivity index (χ1v) is 8.69. The quantitative estimate of drug-likeness (QED) is 0.813. The Kier molecular flexibility index (Phi) is 5.93. The zero-order valence-electron chi connectivity index (χ0n) is 11.6. The van der Waals surface area contributed by atoms with Gasteiger partial charge in [0.2, 0.25) is 5.91 Å². The summed E-state index contributed by atoms with van der Waals surface area (Å²) in [5.74, 6) is 0.528. The molecule has 2 N–H and O–H groups in total. The van der Waals surface area contributed by atoms with E-state index in [4.69, 9.17) is 0 Å². The van der Waals surface area contributed by atoms with Crippen LogP contribution in [0.15, 0.2) is 27.6 Å². The van der Waals surface area contributed by atoms with Crippen LogP contribution in [0.3, 0.4) is 0 Å². The third-order valence-corrected chi connectivity index (χ3v) is 5.23. The fourth-order valence-electron chi connectivity index (χ4n) is 2.41. The first-order chi connectivity index (χ1) is 9.54. The summed E-state index contributed by atoms with van der Waals surface area (Å²) in [7, 11) is 0. The van der Waals surface area contributed by atoms with E-state index in [9.17, 15) is 9.90 Å². The van der Waals surface area contributed by atoms with E-state index >= 15 is 0 Å². The topological polar surface area (TPSA) is 49.3 Å². The Labute approximate surface area is 132 Å². The molecule has 2 rings (SSSR count). The number of aliphatic hydroxyl groups is 1. The maximum atomic E-state index is 11.9. The maximum absolute atomic E-state index is 11.9. The van der Waals surface area contributed by atoms with Gasteiger partial charge in [-0.2, -0.15) is 0 Å². The van der Waals surface area contributed by atoms with Gasteiger partial charge in [0.25, 0.3) is 0 Å². The van der Waals surface area contributed by atoms with E-state index in [2.05, 4.69) is 27.3 Å². The smallest absolute Gasteiger partial charge is 0.230 e. The van der Waals surface area contributed by atoms with Gasteiger partial charge in [0, 0.05) is 15.4 Å². The van der Waals surface area contributed by atoms with Gasteiger partial charge in [-0.3, -0.25) is 4.79 Å². The van der Waals surface area contributed by atoms with Crippen molar-refractivity contribution in [2.75, 3.05) is 5.75 Å². The highest BCUT2D eigenvalue weighted by molar-refractivity contribution is 9.10. The van der Waals surface area contributed by atoms with E-state index in [1.165, 1.54) is 5.56 Å². The molecule has 20 heavy (non-hydrogen) atoms. The number of halogens is 1. The number of hydrogen-bond donors (Lipinski definition) is 2. The molecule has 0 atom stereocenters. The summed E-state index contributed by atoms with van der Waals surface area (Å²) in [6, 6.07) is 6.32. The second kappa shape index (κ2) is 7.48. The molecule has 110 valence electrons. The van der Waals surface area contributed by atoms with E-state index in [0.29, 0.717) is 5.75 Å². The summed E-state index contributed by atoms with van der Waals surface area (Å²) in [6.07, 6.45) is 3.18. The summed E-state index contributed by atoms with van der Waals surface area (Å²) in [5.41, 5.74) is 1.18. The SMILES string of the molecule is Cc1cc(Br)ccc1SCC(=O)NC1CCC(O)CC1. The van der Waals surface area contributed by atoms with Gasteiger partial charge in [-0.1, -0.05) is 15.9 Å². The van der Waals surface area contributed by atoms with Crippen molar-refractivity contribution >= 4 is 33.6 Å². The highest BCUT2D eigenvalue weighted by Crippen LogP contribution is 2.25. The van der Waals surface area contributed by atoms with Crippen LogP contribution >= 0.6 is 27.7 Å². The Morgan fingerprint density at radius 1 is 1.40 bits per heavy atom. The number of aliphatic hydroxyl groups excluding tert-OH is 1. The fourth-order valence-corrected chi connectivity index (χ4v) is 3.70. The first-order valence-electron chi connectivity index (χ1n) is 6.91. The lowest BCUT2D eigenvalue weighted by Crippen LogP contribution is -2.39. The predicted octanol–water partition coefficient (Wildman–Crippen LogP) is 3.27. The molecule has 3 nitrogen and oxygen atoms in total. The van der Waals surface area contributed by atoms with Crippen molar-refractivity contribution in [2.24, 2.45) is 0 Å². The van der Waals surface area contributed by atoms with Crippen LogP contribution in [-0.2, 0) is 4.79 Å². The van der Waals surface area contributed by atoms with Crippen molar-refractivity contribution in [3.05, 3.63) is 28.2 Å². The normalized spacial score (nSPS) is 22.6. The fraction of sp³-hybridized carbons (Fsp3) is 0.533. The molecule has 0 unspecified atom stereocenters. The highest BCUT2D eigenvalue weighted by Gasteiger charge is 2.20. The molecule has 1 aromatic rings. The summed E-state index contributed by atoms with van der Waals surface area (Å²) in [4.78, 5) is 13.1. The highest BCUT2D eigenvalue weighted by atomic mass is 79.9. The molecule has 0 heterocycles. The minimum absolute atomic E-state index is 0.0821. The Bertz CT molecular complexity index is 473. The maximum Gasteiger partial charge on any atom is 0.230 e. The van der Waals surface area contributed by atoms with Crippen LogP contribution < -0.4 is 5.32 Å². The largest absolute Gasteiger partial charge is 0.393 e. The van der Waals surface area contributed by atoms with E-state index < -0.39 is 0 Å². The van der Waals surface area contributed by atoms with Crippen LogP contribution in [0.2, 0.25) is 0 Å². The molecule has 1 saturated carbocycles. The molecule has 1 aromatic carbocycles. The summed E-state index contributed by atoms with van der Waals surface area (Å²) in [6.45, 7) is 2.05. The van der Waals surface area contributed by atoms with Crippen LogP contribution in [0.1, 0.15) is 31.2 Å². The molecule has 0 saturated heterocycles. The lowest BCUT2D eigenvalue weighted by molar-refractivity contribution is -0.119. The molecule has 0 radical (unpaired) electrons. The van der Waals surface area contributed by atoms with Crippen molar-refractivity contribution in [2.45, 2.75) is 49.6 Å². The minimum atomic E-state index is -0.178. The second-order valence-electron chi connectivity index (χ2n) is 5.27. The van der Waals surface area contributed by atoms with Gasteiger partial charge in [-0.05, 0) is 56.4 Å². The molecular weight excluding hydrogens is 338 g/mol. The molecular formula is C15H20BrNO2S. The predicted molar refractivity (Wildman–Crippen MR) is 86.0 cm³/mol. The number of nitrogens with one attached hydrogen (secondary N) is 1. The van der Waals surface area contributed by atoms with E-state index in [1.807, 2.05) is 19.1 Å². The van der Waals surface area contributed by atoms with Crippen LogP contribution in [0.25, 0.3) is 0 Å². The standard InChI is InChI=1S/C15H20BrNO2S/c1-10-8-11(16)2-7-14(10)20-9-15(19)17-12-3-5-13(18)6-4-12/h2,7-8,12-13,18H,3-6,9H2,1H3,(H,17,19). The number of thioether (sulfide) groups is 1. The van der Waals surface area contributed by atoms with Gasteiger partial charge in [0.05, 0.1) is 11.9 Å². The lowest BCUT2D eigenvalue weighted by Gasteiger charge is -2.26. The Balaban J connectivity index is 1.77. The van der Waals surface area contributed by atoms with Crippen LogP contribution in [0, 0.1) is 6.92 Å². The molecule has 0 bridgehead atoms. The number of rotatable bonds is 4. The lowest BCUT2D eigenvalue weighted by atomic mass is 9.93. The van der Waals surface area contributed by atoms with Crippen LogP contribution in [-0.4, -0.2) is 28.9 Å². The molecule has 1 aliphatic carbocycles. The van der Waals surface area contributed by atoms with Crippen molar-refractivity contribution < 1.29 is 9.90 Å². The van der Waals surface area contributed by atoms with Gasteiger partial charge in [0.1, 0.15) is 0 Å². The molecule has 1 amide bonds. The number of hydrogen-bond acceptors (Lipinski definition) is 3. The van der Waals surface area contributed by atoms with Gasteiger partial charge in [-0.25, -0.2) is 0 Å². The molecule has 5 heteroatoms. The van der Waals surface area contributed by atoms with E-state index in [-0.39, 0.29) is 18.1 Å². The van der Waals surface area contributed by atoms with Crippen molar-refractivity contribution in [3.63, 3.8) is 0 Å². The number of carbonyl (C=O) groups excluding carboxylic acids is 1. The van der Waals surface area contributed by atoms with Gasteiger partial charge in [-0.15, -0.1) is 11.8 Å². The number of carbonyl (C=O) groups is 1. The van der Waals surface area contributed by atoms with E-state index in [0.717, 1.165) is 35.1 Å². The number of aryl methyl sites for hydroxylation is 1. The third-order valence-electron chi connectivity index (χ3n) is 3.56. The third kappa shape index (κ3) is 4.79. The molecule has 0 aliphatic heterocycles. The van der Waals surface area contributed by atoms with E-state index in [1.54, 1.807) is 11.8 Å². The molecule has 0 spiro atoms. The molecule has 1 aliphatic rings. The average molecular weight is 358 g/mol. The zero-order chi connectivity index (χ0) is 14.5. The Morgan fingerprint density at radius 2 is 2.10 bits per heavy atom. The number of benzene rings is 1. The van der Waals surface area contributed by atoms with Gasteiger partial charge < -0.3 is 10.4 Å². The van der Waals surface area contributed by atoms with Crippen LogP contribution in [0.5, 0.6) is 0 Å². The van der Waals surface area contributed by atoms with Crippen LogP contribution in [0.4, 0.5) is 0 Å². The average Bonchev–Trinajstić information content (AvgIpc) is 2.40. The summed E-state index contributed by atoms with van der Waals surface area (Å²) in [5, 5.41) is 12.5. The molecule has 0 aromatic heterocycles. The van der Waals surface area contributed by atoms with Crippen molar-refractivity contribution in [3.8, 4) is 0 Å². The van der Waals surface area contributed by atoms with Gasteiger partial charge >= 0.3 is 0 Å². The monoisotopic (exact) mass is 357 g/mol. The van der Waals surface area contributed by atoms with Crippen molar-refractivity contribution in [1.29, 1.82) is 0 Å². The summed E-state index contributed by atoms with van der Waals surface area (Å²) >= 11 is 5.01. The summed E-state index contributed by atoms with van der Waals surface area (Å²) < 4.78 is 1.06. The number of amides is 1. The molecule has 1 fully saturated rings. The Morgan fingerprint density at radius 3 is 2.75 bits per heavy atom. The zero-order valence-corrected chi connectivity index (χ0v) is 14.0. The van der Waals surface area contributed by atoms with Crippen molar-refractivity contribution in [1.82, 2.24) is 5.32 Å².